The van der Waals surface area contributed by atoms with E-state index in [4.69, 9.17) is 28.4 Å². The number of aliphatic hydroxyl groups is 2. The first-order chi connectivity index (χ1) is 31.1. The van der Waals surface area contributed by atoms with Crippen LogP contribution >= 0.6 is 0 Å². The van der Waals surface area contributed by atoms with Crippen LogP contribution in [0.1, 0.15) is 126 Å². The molecule has 1 saturated carbocycles. The standard InChI is InChI=1S/C51H82N2O13/c1-13-16-36-22-30(2)21-31(3)23-42(62-11)46-43(63-12)25-33(5)51(66-46,29-52-28-44(57)65-50(7,8)9)47(58)48(59)53-20-15-14-17-37(53)49(60)64-45(34(6)39(55)27-40(36)56)32(4)24-35-18-19-38(54)41(26-35)61-10/h13,22,24,31,33-39,41-43,45-46,52,54-55H,1,14-21,23,25-29H2,2-12H3/b30-22+,32-24+/t31-,33+,34+,35-,36+,37-,38+,39-,41+,42-,43-,45+,46+,51+/m0/s1. The van der Waals surface area contributed by atoms with Crippen LogP contribution in [-0.4, -0.2) is 145 Å². The summed E-state index contributed by atoms with van der Waals surface area (Å²) in [6, 6.07) is -1.14. The maximum Gasteiger partial charge on any atom is 0.329 e. The van der Waals surface area contributed by atoms with Crippen molar-refractivity contribution in [3.8, 4) is 0 Å². The highest BCUT2D eigenvalue weighted by atomic mass is 16.6. The number of methoxy groups -OCH3 is 3. The molecule has 3 fully saturated rings. The van der Waals surface area contributed by atoms with Gasteiger partial charge in [0, 0.05) is 52.7 Å². The Kier molecular flexibility index (Phi) is 20.8. The zero-order valence-electron chi connectivity index (χ0n) is 41.7. The maximum absolute atomic E-state index is 15.2. The lowest BCUT2D eigenvalue weighted by Gasteiger charge is -2.50. The number of esters is 2. The van der Waals surface area contributed by atoms with Gasteiger partial charge in [0.05, 0.1) is 37.1 Å². The van der Waals surface area contributed by atoms with Gasteiger partial charge in [0.2, 0.25) is 0 Å². The Morgan fingerprint density at radius 1 is 0.939 bits per heavy atom. The highest BCUT2D eigenvalue weighted by Gasteiger charge is 2.57. The molecule has 0 unspecified atom stereocenters. The van der Waals surface area contributed by atoms with Crippen molar-refractivity contribution in [2.45, 2.75) is 186 Å². The largest absolute Gasteiger partial charge is 0.459 e. The van der Waals surface area contributed by atoms with E-state index in [0.717, 1.165) is 5.57 Å². The quantitative estimate of drug-likeness (QED) is 0.131. The summed E-state index contributed by atoms with van der Waals surface area (Å²) >= 11 is 0. The minimum absolute atomic E-state index is 0.00210. The molecule has 1 amide bonds. The van der Waals surface area contributed by atoms with E-state index in [1.165, 1.54) is 4.90 Å². The zero-order chi connectivity index (χ0) is 49.1. The number of aliphatic hydroxyl groups excluding tert-OH is 2. The maximum atomic E-state index is 15.2. The van der Waals surface area contributed by atoms with Crippen LogP contribution in [0.25, 0.3) is 0 Å². The second kappa shape index (κ2) is 24.8. The fraction of sp³-hybridized carbons (Fsp3) is 0.784. The number of carbonyl (C=O) groups excluding carboxylic acids is 5. The fourth-order valence-corrected chi connectivity index (χ4v) is 10.5. The van der Waals surface area contributed by atoms with E-state index in [0.29, 0.717) is 63.4 Å². The van der Waals surface area contributed by atoms with Gasteiger partial charge in [-0.25, -0.2) is 4.79 Å². The van der Waals surface area contributed by atoms with Crippen molar-refractivity contribution in [2.75, 3.05) is 41.0 Å². The first-order valence-electron chi connectivity index (χ1n) is 24.2. The van der Waals surface area contributed by atoms with Gasteiger partial charge in [0.25, 0.3) is 11.7 Å². The number of Topliss-reactive ketones (excluding diaryl/α,β-unsaturated/α-hetero) is 2. The van der Waals surface area contributed by atoms with Gasteiger partial charge in [0.15, 0.2) is 5.60 Å². The third-order valence-corrected chi connectivity index (χ3v) is 14.2. The molecular formula is C51H82N2O13. The van der Waals surface area contributed by atoms with E-state index in [9.17, 15) is 29.4 Å². The fourth-order valence-electron chi connectivity index (χ4n) is 10.5. The zero-order valence-corrected chi connectivity index (χ0v) is 41.7. The minimum Gasteiger partial charge on any atom is -0.459 e. The number of nitrogens with one attached hydrogen (secondary N) is 1. The molecule has 0 spiro atoms. The molecule has 4 rings (SSSR count). The Bertz CT molecular complexity index is 1740. The van der Waals surface area contributed by atoms with E-state index in [1.54, 1.807) is 55.1 Å². The molecule has 15 nitrogen and oxygen atoms in total. The Labute approximate surface area is 393 Å². The van der Waals surface area contributed by atoms with Gasteiger partial charge in [-0.05, 0) is 122 Å². The number of allylic oxidation sites excluding steroid dienone is 4. The first kappa shape index (κ1) is 55.3. The van der Waals surface area contributed by atoms with E-state index in [-0.39, 0.29) is 56.2 Å². The highest BCUT2D eigenvalue weighted by Crippen LogP contribution is 2.41. The molecule has 3 N–H and O–H groups in total. The van der Waals surface area contributed by atoms with E-state index < -0.39 is 95.3 Å². The van der Waals surface area contributed by atoms with Crippen LogP contribution in [0.15, 0.2) is 36.0 Å². The van der Waals surface area contributed by atoms with Crippen molar-refractivity contribution in [3.05, 3.63) is 36.0 Å². The third-order valence-electron chi connectivity index (χ3n) is 14.2. The highest BCUT2D eigenvalue weighted by molar-refractivity contribution is 6.39. The lowest BCUT2D eigenvalue weighted by Crippen LogP contribution is -2.67. The molecule has 14 atom stereocenters. The monoisotopic (exact) mass is 931 g/mol. The van der Waals surface area contributed by atoms with Crippen LogP contribution in [0.4, 0.5) is 0 Å². The van der Waals surface area contributed by atoms with Gasteiger partial charge in [-0.2, -0.15) is 0 Å². The van der Waals surface area contributed by atoms with Gasteiger partial charge in [0.1, 0.15) is 29.6 Å². The number of rotatable bonds is 11. The van der Waals surface area contributed by atoms with Gasteiger partial charge < -0.3 is 48.9 Å². The molecule has 0 radical (unpaired) electrons. The van der Waals surface area contributed by atoms with Crippen molar-refractivity contribution in [1.29, 1.82) is 0 Å². The molecule has 2 bridgehead atoms. The number of hydrogen-bond acceptors (Lipinski definition) is 14. The molecule has 0 aromatic carbocycles. The van der Waals surface area contributed by atoms with Gasteiger partial charge in [-0.15, -0.1) is 6.58 Å². The van der Waals surface area contributed by atoms with Crippen molar-refractivity contribution >= 4 is 29.4 Å². The summed E-state index contributed by atoms with van der Waals surface area (Å²) in [6.07, 6.45) is 5.14. The molecule has 374 valence electrons. The predicted octanol–water partition coefficient (Wildman–Crippen LogP) is 5.62. The molecule has 4 aliphatic rings. The van der Waals surface area contributed by atoms with Crippen LogP contribution < -0.4 is 5.32 Å². The summed E-state index contributed by atoms with van der Waals surface area (Å²) in [5.41, 5.74) is -0.953. The van der Waals surface area contributed by atoms with Crippen LogP contribution in [0.5, 0.6) is 0 Å². The number of ether oxygens (including phenoxy) is 6. The number of ketones is 2. The summed E-state index contributed by atoms with van der Waals surface area (Å²) < 4.78 is 36.6. The van der Waals surface area contributed by atoms with Crippen LogP contribution in [-0.2, 0) is 52.4 Å². The van der Waals surface area contributed by atoms with Crippen molar-refractivity contribution in [1.82, 2.24) is 10.2 Å². The molecule has 66 heavy (non-hydrogen) atoms. The average Bonchev–Trinajstić information content (AvgIpc) is 3.26. The topological polar surface area (TPSA) is 196 Å². The lowest BCUT2D eigenvalue weighted by atomic mass is 9.75. The second-order valence-corrected chi connectivity index (χ2v) is 20.7. The summed E-state index contributed by atoms with van der Waals surface area (Å²) in [7, 11) is 4.70. The van der Waals surface area contributed by atoms with Crippen molar-refractivity contribution in [2.24, 2.45) is 29.6 Å². The summed E-state index contributed by atoms with van der Waals surface area (Å²) in [5, 5.41) is 25.4. The second-order valence-electron chi connectivity index (χ2n) is 20.7. The van der Waals surface area contributed by atoms with Gasteiger partial charge in [-0.3, -0.25) is 19.2 Å². The molecule has 3 aliphatic heterocycles. The number of piperidine rings is 1. The van der Waals surface area contributed by atoms with Gasteiger partial charge in [-0.1, -0.05) is 44.6 Å². The van der Waals surface area contributed by atoms with Gasteiger partial charge >= 0.3 is 11.9 Å². The summed E-state index contributed by atoms with van der Waals surface area (Å²) in [4.78, 5) is 73.1. The molecule has 15 heteroatoms. The predicted molar refractivity (Wildman–Crippen MR) is 249 cm³/mol. The molecule has 1 aliphatic carbocycles. The van der Waals surface area contributed by atoms with Crippen LogP contribution in [0.3, 0.4) is 0 Å². The van der Waals surface area contributed by atoms with Crippen LogP contribution in [0, 0.1) is 29.6 Å². The van der Waals surface area contributed by atoms with E-state index in [2.05, 4.69) is 18.8 Å². The van der Waals surface area contributed by atoms with Crippen molar-refractivity contribution < 1.29 is 62.6 Å². The molecule has 3 heterocycles. The Morgan fingerprint density at radius 3 is 2.24 bits per heavy atom. The average molecular weight is 931 g/mol. The third kappa shape index (κ3) is 14.4. The molecular weight excluding hydrogens is 849 g/mol. The number of fused-ring (bicyclic) bond motifs is 3. The van der Waals surface area contributed by atoms with Crippen LogP contribution in [0.2, 0.25) is 0 Å². The molecule has 0 aromatic rings. The Morgan fingerprint density at radius 2 is 1.61 bits per heavy atom. The SMILES string of the molecule is C=CC[C@@H]1/C=C(\C)C[C@H](C)C[C@H](OC)[C@H]2O[C@@](CNCC(=O)OC(C)(C)C)(C(=O)C(=O)N3CCCC[C@H]3C(=O)O[C@H](/C(C)=C/[C@@H]3CC[C@@H](O)[C@H](OC)C3)[C@H](C)[C@@H](O)CC1=O)[C@H](C)C[C@@H]2OC. The van der Waals surface area contributed by atoms with E-state index in [1.807, 2.05) is 32.9 Å². The molecule has 0 aromatic heterocycles. The summed E-state index contributed by atoms with van der Waals surface area (Å²) in [6.45, 7) is 18.2. The normalized spacial score (nSPS) is 37.2. The molecule has 2 saturated heterocycles. The smallest absolute Gasteiger partial charge is 0.329 e. The number of amides is 1. The minimum atomic E-state index is -1.81. The number of nitrogens with zero attached hydrogens (tertiary/aromatic N) is 1. The number of cyclic esters (lactones) is 1. The van der Waals surface area contributed by atoms with Crippen molar-refractivity contribution in [3.63, 3.8) is 0 Å². The summed E-state index contributed by atoms with van der Waals surface area (Å²) in [5.74, 6) is -5.17. The first-order valence-corrected chi connectivity index (χ1v) is 24.2. The lowest BCUT2D eigenvalue weighted by molar-refractivity contribution is -0.233. The Hall–Kier alpha value is -3.31. The number of hydrogen-bond donors (Lipinski definition) is 3. The van der Waals surface area contributed by atoms with E-state index >= 15 is 4.79 Å². The number of carbonyl (C=O) groups is 5. The Balaban J connectivity index is 1.84.